The summed E-state index contributed by atoms with van der Waals surface area (Å²) in [5.41, 5.74) is 1.51. The van der Waals surface area contributed by atoms with Gasteiger partial charge in [0.25, 0.3) is 0 Å². The fraction of sp³-hybridized carbons (Fsp3) is 0.286. The highest BCUT2D eigenvalue weighted by molar-refractivity contribution is 5.21. The van der Waals surface area contributed by atoms with Crippen molar-refractivity contribution >= 4 is 0 Å². The van der Waals surface area contributed by atoms with Crippen molar-refractivity contribution in [2.45, 2.75) is 25.9 Å². The van der Waals surface area contributed by atoms with E-state index in [1.807, 2.05) is 19.9 Å². The molecule has 18 heavy (non-hydrogen) atoms. The van der Waals surface area contributed by atoms with Gasteiger partial charge in [-0.15, -0.1) is 0 Å². The van der Waals surface area contributed by atoms with Gasteiger partial charge in [0.2, 0.25) is 0 Å². The Balaban J connectivity index is 2.08. The molecule has 0 fully saturated rings. The van der Waals surface area contributed by atoms with Gasteiger partial charge < -0.3 is 5.32 Å². The molecule has 1 aromatic carbocycles. The lowest BCUT2D eigenvalue weighted by molar-refractivity contribution is 0.466. The van der Waals surface area contributed by atoms with Gasteiger partial charge in [-0.1, -0.05) is 18.2 Å². The highest BCUT2D eigenvalue weighted by Gasteiger charge is 2.14. The van der Waals surface area contributed by atoms with Crippen molar-refractivity contribution < 1.29 is 4.39 Å². The van der Waals surface area contributed by atoms with Gasteiger partial charge in [-0.2, -0.15) is 0 Å². The van der Waals surface area contributed by atoms with Crippen LogP contribution in [-0.4, -0.2) is 9.97 Å². The molecule has 2 rings (SSSR count). The van der Waals surface area contributed by atoms with Gasteiger partial charge >= 0.3 is 0 Å². The van der Waals surface area contributed by atoms with Crippen molar-refractivity contribution in [3.8, 4) is 0 Å². The Bertz CT molecular complexity index is 501. The minimum absolute atomic E-state index is 0.0216. The first-order valence-electron chi connectivity index (χ1n) is 5.95. The number of benzene rings is 1. The summed E-state index contributed by atoms with van der Waals surface area (Å²) in [6.07, 6.45) is 5.00. The maximum Gasteiger partial charge on any atom is 0.127 e. The maximum atomic E-state index is 13.6. The molecule has 0 aliphatic rings. The molecule has 1 heterocycles. The fourth-order valence-corrected chi connectivity index (χ4v) is 1.91. The lowest BCUT2D eigenvalue weighted by Crippen LogP contribution is -2.24. The minimum atomic E-state index is -0.191. The van der Waals surface area contributed by atoms with E-state index >= 15 is 0 Å². The number of nitrogens with one attached hydrogen (secondary N) is 1. The van der Waals surface area contributed by atoms with Crippen molar-refractivity contribution in [3.05, 3.63) is 59.9 Å². The van der Waals surface area contributed by atoms with Crippen LogP contribution in [0.1, 0.15) is 37.2 Å². The third-order valence-corrected chi connectivity index (χ3v) is 2.90. The maximum absolute atomic E-state index is 13.6. The normalized spacial score (nSPS) is 14.2. The summed E-state index contributed by atoms with van der Waals surface area (Å²) >= 11 is 0. The molecule has 0 bridgehead atoms. The average Bonchev–Trinajstić information content (AvgIpc) is 2.40. The van der Waals surface area contributed by atoms with E-state index in [4.69, 9.17) is 0 Å². The number of nitrogens with zero attached hydrogens (tertiary/aromatic N) is 2. The monoisotopic (exact) mass is 245 g/mol. The molecule has 2 atom stereocenters. The van der Waals surface area contributed by atoms with Crippen LogP contribution >= 0.6 is 0 Å². The number of aromatic nitrogens is 2. The second-order valence-electron chi connectivity index (χ2n) is 4.26. The summed E-state index contributed by atoms with van der Waals surface area (Å²) in [4.78, 5) is 8.26. The van der Waals surface area contributed by atoms with E-state index in [0.717, 1.165) is 5.69 Å². The molecular weight excluding hydrogens is 229 g/mol. The van der Waals surface area contributed by atoms with E-state index in [-0.39, 0.29) is 17.9 Å². The van der Waals surface area contributed by atoms with Gasteiger partial charge in [-0.3, -0.25) is 9.97 Å². The van der Waals surface area contributed by atoms with Crippen molar-refractivity contribution in [1.82, 2.24) is 15.3 Å². The molecule has 0 saturated heterocycles. The molecule has 0 spiro atoms. The molecule has 0 saturated carbocycles. The van der Waals surface area contributed by atoms with E-state index < -0.39 is 0 Å². The quantitative estimate of drug-likeness (QED) is 0.899. The fourth-order valence-electron chi connectivity index (χ4n) is 1.91. The van der Waals surface area contributed by atoms with Gasteiger partial charge in [-0.25, -0.2) is 4.39 Å². The first kappa shape index (κ1) is 12.6. The van der Waals surface area contributed by atoms with Crippen LogP contribution in [0.5, 0.6) is 0 Å². The smallest absolute Gasteiger partial charge is 0.127 e. The van der Waals surface area contributed by atoms with Gasteiger partial charge in [0, 0.05) is 36.2 Å². The molecule has 0 radical (unpaired) electrons. The van der Waals surface area contributed by atoms with Crippen LogP contribution in [0.15, 0.2) is 42.9 Å². The first-order valence-corrected chi connectivity index (χ1v) is 5.95. The molecule has 0 aliphatic carbocycles. The molecule has 1 N–H and O–H groups in total. The zero-order valence-electron chi connectivity index (χ0n) is 10.5. The molecule has 94 valence electrons. The van der Waals surface area contributed by atoms with Gasteiger partial charge in [0.05, 0.1) is 5.69 Å². The van der Waals surface area contributed by atoms with Crippen LogP contribution in [0.25, 0.3) is 0 Å². The average molecular weight is 245 g/mol. The standard InChI is InChI=1S/C14H16FN3/c1-10(12-5-3-4-6-13(12)15)18-11(2)14-9-16-7-8-17-14/h3-11,18H,1-2H3. The zero-order valence-corrected chi connectivity index (χ0v) is 10.5. The third kappa shape index (κ3) is 2.90. The molecule has 4 heteroatoms. The largest absolute Gasteiger partial charge is 0.302 e. The zero-order chi connectivity index (χ0) is 13.0. The van der Waals surface area contributed by atoms with Crippen LogP contribution in [0, 0.1) is 5.82 Å². The molecule has 0 amide bonds. The highest BCUT2D eigenvalue weighted by atomic mass is 19.1. The Morgan fingerprint density at radius 1 is 1.11 bits per heavy atom. The molecule has 3 nitrogen and oxygen atoms in total. The summed E-state index contributed by atoms with van der Waals surface area (Å²) in [7, 11) is 0. The first-order chi connectivity index (χ1) is 8.68. The lowest BCUT2D eigenvalue weighted by atomic mass is 10.1. The Morgan fingerprint density at radius 3 is 2.56 bits per heavy atom. The number of halogens is 1. The van der Waals surface area contributed by atoms with Crippen LogP contribution in [0.4, 0.5) is 4.39 Å². The van der Waals surface area contributed by atoms with E-state index in [1.165, 1.54) is 6.07 Å². The van der Waals surface area contributed by atoms with Gasteiger partial charge in [0.15, 0.2) is 0 Å². The van der Waals surface area contributed by atoms with Crippen molar-refractivity contribution in [3.63, 3.8) is 0 Å². The summed E-state index contributed by atoms with van der Waals surface area (Å²) in [6, 6.07) is 6.73. The summed E-state index contributed by atoms with van der Waals surface area (Å²) in [5.74, 6) is -0.191. The molecule has 2 aromatic rings. The predicted molar refractivity (Wildman–Crippen MR) is 68.4 cm³/mol. The van der Waals surface area contributed by atoms with Crippen molar-refractivity contribution in [2.24, 2.45) is 0 Å². The van der Waals surface area contributed by atoms with E-state index in [0.29, 0.717) is 5.56 Å². The molecule has 1 aromatic heterocycles. The highest BCUT2D eigenvalue weighted by Crippen LogP contribution is 2.19. The van der Waals surface area contributed by atoms with Crippen LogP contribution in [-0.2, 0) is 0 Å². The minimum Gasteiger partial charge on any atom is -0.302 e. The second-order valence-corrected chi connectivity index (χ2v) is 4.26. The van der Waals surface area contributed by atoms with Crippen molar-refractivity contribution in [1.29, 1.82) is 0 Å². The summed E-state index contributed by atoms with van der Waals surface area (Å²) in [5, 5.41) is 3.31. The van der Waals surface area contributed by atoms with Crippen molar-refractivity contribution in [2.75, 3.05) is 0 Å². The number of hydrogen-bond donors (Lipinski definition) is 1. The van der Waals surface area contributed by atoms with E-state index in [2.05, 4.69) is 15.3 Å². The molecular formula is C14H16FN3. The Labute approximate surface area is 106 Å². The topological polar surface area (TPSA) is 37.8 Å². The van der Waals surface area contributed by atoms with Crippen LogP contribution in [0.3, 0.4) is 0 Å². The summed E-state index contributed by atoms with van der Waals surface area (Å²) < 4.78 is 13.6. The third-order valence-electron chi connectivity index (χ3n) is 2.90. The predicted octanol–water partition coefficient (Wildman–Crippen LogP) is 3.03. The van der Waals surface area contributed by atoms with Gasteiger partial charge in [-0.05, 0) is 19.9 Å². The number of rotatable bonds is 4. The van der Waals surface area contributed by atoms with Gasteiger partial charge in [0.1, 0.15) is 5.82 Å². The van der Waals surface area contributed by atoms with Crippen LogP contribution < -0.4 is 5.32 Å². The lowest BCUT2D eigenvalue weighted by Gasteiger charge is -2.20. The van der Waals surface area contributed by atoms with E-state index in [9.17, 15) is 4.39 Å². The Morgan fingerprint density at radius 2 is 1.89 bits per heavy atom. The number of hydrogen-bond acceptors (Lipinski definition) is 3. The second kappa shape index (κ2) is 5.69. The molecule has 0 aliphatic heterocycles. The van der Waals surface area contributed by atoms with E-state index in [1.54, 1.807) is 30.7 Å². The molecule has 2 unspecified atom stereocenters. The van der Waals surface area contributed by atoms with Crippen LogP contribution in [0.2, 0.25) is 0 Å². The Hall–Kier alpha value is -1.81. The SMILES string of the molecule is CC(NC(C)c1ccccc1F)c1cnccn1. The Kier molecular flexibility index (Phi) is 3.99. The summed E-state index contributed by atoms with van der Waals surface area (Å²) in [6.45, 7) is 3.92.